The highest BCUT2D eigenvalue weighted by Crippen LogP contribution is 2.22. The van der Waals surface area contributed by atoms with Crippen molar-refractivity contribution >= 4 is 23.2 Å². The van der Waals surface area contributed by atoms with Gasteiger partial charge in [0, 0.05) is 24.3 Å². The molecule has 3 aromatic rings. The Labute approximate surface area is 166 Å². The molecular formula is C21H17FN6O. The largest absolute Gasteiger partial charge is 0.380 e. The lowest BCUT2D eigenvalue weighted by molar-refractivity contribution is 0.0751. The van der Waals surface area contributed by atoms with Gasteiger partial charge in [0.15, 0.2) is 0 Å². The molecule has 0 bridgehead atoms. The summed E-state index contributed by atoms with van der Waals surface area (Å²) in [5.74, 6) is -0.213. The lowest BCUT2D eigenvalue weighted by Crippen LogP contribution is -2.32. The van der Waals surface area contributed by atoms with E-state index in [1.54, 1.807) is 47.5 Å². The molecule has 2 heterocycles. The van der Waals surface area contributed by atoms with Gasteiger partial charge in [-0.15, -0.1) is 0 Å². The van der Waals surface area contributed by atoms with Gasteiger partial charge < -0.3 is 15.5 Å². The minimum atomic E-state index is -0.359. The maximum absolute atomic E-state index is 13.4. The normalized spacial score (nSPS) is 12.9. The Kier molecular flexibility index (Phi) is 5.03. The molecule has 8 heteroatoms. The van der Waals surface area contributed by atoms with Crippen LogP contribution in [0.5, 0.6) is 0 Å². The molecule has 1 aliphatic heterocycles. The molecule has 0 radical (unpaired) electrons. The minimum Gasteiger partial charge on any atom is -0.380 e. The highest BCUT2D eigenvalue weighted by molar-refractivity contribution is 5.94. The first-order chi connectivity index (χ1) is 14.1. The van der Waals surface area contributed by atoms with Gasteiger partial charge in [0.25, 0.3) is 5.91 Å². The molecule has 2 aromatic carbocycles. The van der Waals surface area contributed by atoms with Crippen molar-refractivity contribution in [3.05, 3.63) is 77.4 Å². The van der Waals surface area contributed by atoms with Gasteiger partial charge in [-0.05, 0) is 36.4 Å². The number of anilines is 3. The Morgan fingerprint density at radius 1 is 1.24 bits per heavy atom. The number of fused-ring (bicyclic) bond motifs is 1. The molecule has 7 nitrogen and oxygen atoms in total. The Bertz CT molecular complexity index is 1110. The van der Waals surface area contributed by atoms with E-state index in [1.165, 1.54) is 12.1 Å². The van der Waals surface area contributed by atoms with Crippen LogP contribution in [0.2, 0.25) is 0 Å². The van der Waals surface area contributed by atoms with Crippen LogP contribution in [-0.2, 0) is 6.54 Å². The number of aromatic nitrogens is 2. The number of nitriles is 1. The van der Waals surface area contributed by atoms with Crippen LogP contribution in [0.4, 0.5) is 21.7 Å². The molecule has 144 valence electrons. The molecule has 1 amide bonds. The van der Waals surface area contributed by atoms with E-state index in [4.69, 9.17) is 5.26 Å². The van der Waals surface area contributed by atoms with Gasteiger partial charge in [-0.25, -0.2) is 14.4 Å². The molecule has 0 aliphatic carbocycles. The molecule has 4 rings (SSSR count). The van der Waals surface area contributed by atoms with Crippen molar-refractivity contribution in [2.24, 2.45) is 0 Å². The summed E-state index contributed by atoms with van der Waals surface area (Å²) in [6.45, 7) is 1.33. The zero-order valence-corrected chi connectivity index (χ0v) is 15.4. The molecule has 0 saturated carbocycles. The first-order valence-electron chi connectivity index (χ1n) is 9.04. The van der Waals surface area contributed by atoms with E-state index < -0.39 is 0 Å². The van der Waals surface area contributed by atoms with Crippen molar-refractivity contribution in [3.63, 3.8) is 0 Å². The number of carbonyl (C=O) groups excluding carboxylic acids is 1. The van der Waals surface area contributed by atoms with E-state index >= 15 is 0 Å². The van der Waals surface area contributed by atoms with Gasteiger partial charge in [-0.2, -0.15) is 5.26 Å². The quantitative estimate of drug-likeness (QED) is 0.715. The molecule has 0 spiro atoms. The van der Waals surface area contributed by atoms with Crippen molar-refractivity contribution in [2.45, 2.75) is 6.54 Å². The fourth-order valence-corrected chi connectivity index (χ4v) is 3.10. The number of carbonyl (C=O) groups is 1. The summed E-state index contributed by atoms with van der Waals surface area (Å²) in [6.07, 6.45) is 1.65. The van der Waals surface area contributed by atoms with E-state index in [1.807, 2.05) is 6.07 Å². The van der Waals surface area contributed by atoms with Gasteiger partial charge >= 0.3 is 0 Å². The van der Waals surface area contributed by atoms with Gasteiger partial charge in [0.05, 0.1) is 35.8 Å². The average molecular weight is 388 g/mol. The Morgan fingerprint density at radius 2 is 2.10 bits per heavy atom. The third-order valence-corrected chi connectivity index (χ3v) is 4.51. The second-order valence-electron chi connectivity index (χ2n) is 6.54. The van der Waals surface area contributed by atoms with Crippen molar-refractivity contribution in [1.82, 2.24) is 14.9 Å². The lowest BCUT2D eigenvalue weighted by Gasteiger charge is -2.20. The third-order valence-electron chi connectivity index (χ3n) is 4.51. The molecular weight excluding hydrogens is 371 g/mol. The summed E-state index contributed by atoms with van der Waals surface area (Å²) in [5, 5.41) is 15.3. The van der Waals surface area contributed by atoms with E-state index in [9.17, 15) is 9.18 Å². The molecule has 0 saturated heterocycles. The second kappa shape index (κ2) is 7.94. The molecule has 29 heavy (non-hydrogen) atoms. The number of hydrogen-bond acceptors (Lipinski definition) is 6. The monoisotopic (exact) mass is 388 g/mol. The number of benzene rings is 2. The number of amides is 1. The molecule has 1 aliphatic rings. The fraction of sp³-hybridized carbons (Fsp3) is 0.143. The summed E-state index contributed by atoms with van der Waals surface area (Å²) < 4.78 is 13.4. The fourth-order valence-electron chi connectivity index (χ4n) is 3.10. The van der Waals surface area contributed by atoms with Crippen molar-refractivity contribution in [2.75, 3.05) is 23.7 Å². The molecule has 1 aromatic heterocycles. The summed E-state index contributed by atoms with van der Waals surface area (Å²) >= 11 is 0. The van der Waals surface area contributed by atoms with Crippen LogP contribution in [0.25, 0.3) is 0 Å². The maximum Gasteiger partial charge on any atom is 0.254 e. The summed E-state index contributed by atoms with van der Waals surface area (Å²) in [6, 6.07) is 14.7. The van der Waals surface area contributed by atoms with Crippen LogP contribution in [0.3, 0.4) is 0 Å². The van der Waals surface area contributed by atoms with Gasteiger partial charge in [0.1, 0.15) is 5.82 Å². The second-order valence-corrected chi connectivity index (χ2v) is 6.54. The van der Waals surface area contributed by atoms with E-state index in [-0.39, 0.29) is 18.3 Å². The van der Waals surface area contributed by atoms with Crippen molar-refractivity contribution < 1.29 is 9.18 Å². The Hall–Kier alpha value is -3.99. The van der Waals surface area contributed by atoms with E-state index in [2.05, 4.69) is 20.6 Å². The predicted octanol–water partition coefficient (Wildman–Crippen LogP) is 3.30. The predicted molar refractivity (Wildman–Crippen MR) is 106 cm³/mol. The van der Waals surface area contributed by atoms with Crippen molar-refractivity contribution in [3.8, 4) is 6.07 Å². The number of rotatable bonds is 3. The molecule has 0 atom stereocenters. The van der Waals surface area contributed by atoms with Gasteiger partial charge in [-0.3, -0.25) is 4.79 Å². The smallest absolute Gasteiger partial charge is 0.254 e. The number of hydrogen-bond donors (Lipinski definition) is 2. The zero-order valence-electron chi connectivity index (χ0n) is 15.4. The SMILES string of the molecule is N#Cc1cccc(C(=O)N2CCNc3cnc(Nc4cccc(F)c4)nc3C2)c1. The van der Waals surface area contributed by atoms with Gasteiger partial charge in [0.2, 0.25) is 5.95 Å². The number of nitrogens with one attached hydrogen (secondary N) is 2. The Balaban J connectivity index is 1.57. The molecule has 2 N–H and O–H groups in total. The van der Waals surface area contributed by atoms with Crippen LogP contribution in [-0.4, -0.2) is 33.9 Å². The summed E-state index contributed by atoms with van der Waals surface area (Å²) in [7, 11) is 0. The van der Waals surface area contributed by atoms with Crippen LogP contribution in [0, 0.1) is 17.1 Å². The standard InChI is InChI=1S/C21H17FN6O/c22-16-5-2-6-17(10-16)26-21-25-12-18-19(27-21)13-28(8-7-24-18)20(29)15-4-1-3-14(9-15)11-23/h1-6,9-10,12,24H,7-8,13H2,(H,25,26,27). The van der Waals surface area contributed by atoms with Crippen molar-refractivity contribution in [1.29, 1.82) is 5.26 Å². The topological polar surface area (TPSA) is 93.9 Å². The molecule has 0 unspecified atom stereocenters. The van der Waals surface area contributed by atoms with Gasteiger partial charge in [-0.1, -0.05) is 12.1 Å². The first kappa shape index (κ1) is 18.4. The van der Waals surface area contributed by atoms with E-state index in [0.29, 0.717) is 41.5 Å². The first-order valence-corrected chi connectivity index (χ1v) is 9.04. The minimum absolute atomic E-state index is 0.171. The van der Waals surface area contributed by atoms with Crippen LogP contribution in [0.1, 0.15) is 21.6 Å². The lowest BCUT2D eigenvalue weighted by atomic mass is 10.1. The van der Waals surface area contributed by atoms with E-state index in [0.717, 1.165) is 5.69 Å². The number of nitrogens with zero attached hydrogens (tertiary/aromatic N) is 4. The highest BCUT2D eigenvalue weighted by Gasteiger charge is 2.22. The zero-order chi connectivity index (χ0) is 20.2. The third kappa shape index (κ3) is 4.14. The van der Waals surface area contributed by atoms with Crippen LogP contribution in [0.15, 0.2) is 54.7 Å². The summed E-state index contributed by atoms with van der Waals surface area (Å²) in [4.78, 5) is 23.4. The maximum atomic E-state index is 13.4. The molecule has 0 fully saturated rings. The average Bonchev–Trinajstić information content (AvgIpc) is 2.95. The van der Waals surface area contributed by atoms with Crippen LogP contribution >= 0.6 is 0 Å². The van der Waals surface area contributed by atoms with Crippen LogP contribution < -0.4 is 10.6 Å². The highest BCUT2D eigenvalue weighted by atomic mass is 19.1. The Morgan fingerprint density at radius 3 is 2.93 bits per heavy atom. The number of halogens is 1. The summed E-state index contributed by atoms with van der Waals surface area (Å²) in [5.41, 5.74) is 2.83.